The summed E-state index contributed by atoms with van der Waals surface area (Å²) in [6, 6.07) is 26.3. The van der Waals surface area contributed by atoms with E-state index >= 15 is 0 Å². The van der Waals surface area contributed by atoms with Crippen molar-refractivity contribution in [3.63, 3.8) is 0 Å². The van der Waals surface area contributed by atoms with E-state index in [0.29, 0.717) is 24.2 Å². The van der Waals surface area contributed by atoms with Crippen molar-refractivity contribution in [1.29, 1.82) is 0 Å². The van der Waals surface area contributed by atoms with Crippen LogP contribution >= 0.6 is 0 Å². The number of aromatic nitrogens is 3. The van der Waals surface area contributed by atoms with E-state index in [1.165, 1.54) is 0 Å². The minimum absolute atomic E-state index is 0.0211. The predicted molar refractivity (Wildman–Crippen MR) is 134 cm³/mol. The fourth-order valence-corrected chi connectivity index (χ4v) is 3.03. The second kappa shape index (κ2) is 11.3. The second-order valence-corrected chi connectivity index (χ2v) is 7.15. The molecule has 0 aliphatic rings. The highest BCUT2D eigenvalue weighted by Gasteiger charge is 2.10. The van der Waals surface area contributed by atoms with E-state index in [1.54, 1.807) is 12.1 Å². The SMILES string of the molecule is CCOc1ccc(NC(=O)CNc2nc(Nc3ccccc3)nc(Nc3ccccc3)n2)cc1. The summed E-state index contributed by atoms with van der Waals surface area (Å²) in [4.78, 5) is 25.7. The highest BCUT2D eigenvalue weighted by molar-refractivity contribution is 5.93. The van der Waals surface area contributed by atoms with Crippen molar-refractivity contribution in [2.75, 3.05) is 34.4 Å². The highest BCUT2D eigenvalue weighted by atomic mass is 16.5. The number of ether oxygens (including phenoxy) is 1. The molecule has 3 aromatic carbocycles. The molecule has 0 aliphatic heterocycles. The second-order valence-electron chi connectivity index (χ2n) is 7.15. The van der Waals surface area contributed by atoms with Crippen molar-refractivity contribution in [2.24, 2.45) is 0 Å². The van der Waals surface area contributed by atoms with Crippen LogP contribution in [0.4, 0.5) is 34.9 Å². The molecule has 9 heteroatoms. The predicted octanol–water partition coefficient (Wildman–Crippen LogP) is 4.81. The van der Waals surface area contributed by atoms with Gasteiger partial charge >= 0.3 is 0 Å². The molecule has 1 heterocycles. The van der Waals surface area contributed by atoms with Crippen LogP contribution in [0.2, 0.25) is 0 Å². The van der Waals surface area contributed by atoms with E-state index in [1.807, 2.05) is 79.7 Å². The van der Waals surface area contributed by atoms with E-state index in [9.17, 15) is 4.79 Å². The van der Waals surface area contributed by atoms with Crippen molar-refractivity contribution in [2.45, 2.75) is 6.92 Å². The first-order chi connectivity index (χ1) is 16.7. The number of nitrogens with one attached hydrogen (secondary N) is 4. The van der Waals surface area contributed by atoms with Gasteiger partial charge in [0.05, 0.1) is 13.2 Å². The van der Waals surface area contributed by atoms with Crippen LogP contribution < -0.4 is 26.0 Å². The Bertz CT molecular complexity index is 1140. The van der Waals surface area contributed by atoms with Gasteiger partial charge in [0.2, 0.25) is 23.8 Å². The number of hydrogen-bond donors (Lipinski definition) is 4. The third-order valence-corrected chi connectivity index (χ3v) is 4.55. The lowest BCUT2D eigenvalue weighted by molar-refractivity contribution is -0.114. The molecule has 34 heavy (non-hydrogen) atoms. The van der Waals surface area contributed by atoms with Crippen LogP contribution in [-0.4, -0.2) is 34.0 Å². The normalized spacial score (nSPS) is 10.3. The Kier molecular flexibility index (Phi) is 7.47. The molecule has 1 aromatic heterocycles. The first-order valence-electron chi connectivity index (χ1n) is 10.8. The number of carbonyl (C=O) groups excluding carboxylic acids is 1. The van der Waals surface area contributed by atoms with Gasteiger partial charge in [-0.1, -0.05) is 36.4 Å². The zero-order chi connectivity index (χ0) is 23.6. The van der Waals surface area contributed by atoms with Gasteiger partial charge in [-0.25, -0.2) is 0 Å². The topological polar surface area (TPSA) is 113 Å². The molecule has 172 valence electrons. The van der Waals surface area contributed by atoms with Gasteiger partial charge in [0.25, 0.3) is 0 Å². The largest absolute Gasteiger partial charge is 0.494 e. The van der Waals surface area contributed by atoms with Crippen molar-refractivity contribution < 1.29 is 9.53 Å². The van der Waals surface area contributed by atoms with Gasteiger partial charge in [-0.05, 0) is 55.5 Å². The molecule has 4 aromatic rings. The molecular weight excluding hydrogens is 430 g/mol. The zero-order valence-electron chi connectivity index (χ0n) is 18.7. The highest BCUT2D eigenvalue weighted by Crippen LogP contribution is 2.19. The average molecular weight is 456 g/mol. The summed E-state index contributed by atoms with van der Waals surface area (Å²) in [6.45, 7) is 2.49. The lowest BCUT2D eigenvalue weighted by atomic mass is 10.3. The minimum atomic E-state index is -0.236. The number of nitrogens with zero attached hydrogens (tertiary/aromatic N) is 3. The summed E-state index contributed by atoms with van der Waals surface area (Å²) >= 11 is 0. The van der Waals surface area contributed by atoms with E-state index in [-0.39, 0.29) is 18.4 Å². The van der Waals surface area contributed by atoms with E-state index in [0.717, 1.165) is 17.1 Å². The van der Waals surface area contributed by atoms with E-state index < -0.39 is 0 Å². The summed E-state index contributed by atoms with van der Waals surface area (Å²) in [5, 5.41) is 12.1. The minimum Gasteiger partial charge on any atom is -0.494 e. The lowest BCUT2D eigenvalue weighted by Gasteiger charge is -2.12. The molecule has 0 radical (unpaired) electrons. The van der Waals surface area contributed by atoms with Crippen molar-refractivity contribution >= 4 is 40.8 Å². The Morgan fingerprint density at radius 3 is 1.76 bits per heavy atom. The zero-order valence-corrected chi connectivity index (χ0v) is 18.7. The Balaban J connectivity index is 1.45. The Labute approximate surface area is 197 Å². The van der Waals surface area contributed by atoms with E-state index in [2.05, 4.69) is 36.2 Å². The van der Waals surface area contributed by atoms with Crippen LogP contribution in [0.1, 0.15) is 6.92 Å². The van der Waals surface area contributed by atoms with Crippen LogP contribution in [-0.2, 0) is 4.79 Å². The van der Waals surface area contributed by atoms with Crippen LogP contribution in [0.25, 0.3) is 0 Å². The molecule has 4 N–H and O–H groups in total. The quantitative estimate of drug-likeness (QED) is 0.270. The third-order valence-electron chi connectivity index (χ3n) is 4.55. The molecule has 0 unspecified atom stereocenters. The molecule has 4 rings (SSSR count). The molecule has 0 atom stereocenters. The Morgan fingerprint density at radius 1 is 0.706 bits per heavy atom. The van der Waals surface area contributed by atoms with E-state index in [4.69, 9.17) is 4.74 Å². The summed E-state index contributed by atoms with van der Waals surface area (Å²) in [5.74, 6) is 1.46. The molecule has 9 nitrogen and oxygen atoms in total. The fraction of sp³-hybridized carbons (Fsp3) is 0.120. The van der Waals surface area contributed by atoms with Gasteiger partial charge in [0.1, 0.15) is 5.75 Å². The van der Waals surface area contributed by atoms with Crippen LogP contribution in [0.3, 0.4) is 0 Å². The molecule has 0 aliphatic carbocycles. The maximum atomic E-state index is 12.4. The summed E-state index contributed by atoms with van der Waals surface area (Å²) in [6.07, 6.45) is 0. The molecule has 0 spiro atoms. The molecule has 1 amide bonds. The standard InChI is InChI=1S/C25H25N7O2/c1-2-34-21-15-13-20(14-16-21)27-22(33)17-26-23-30-24(28-18-9-5-3-6-10-18)32-25(31-23)29-19-11-7-4-8-12-19/h3-16H,2,17H2,1H3,(H,27,33)(H3,26,28,29,30,31,32). The molecule has 0 bridgehead atoms. The maximum absolute atomic E-state index is 12.4. The van der Waals surface area contributed by atoms with Crippen LogP contribution in [0.15, 0.2) is 84.9 Å². The number of rotatable bonds is 10. The average Bonchev–Trinajstić information content (AvgIpc) is 2.85. The third kappa shape index (κ3) is 6.67. The molecule has 0 saturated carbocycles. The Morgan fingerprint density at radius 2 is 1.24 bits per heavy atom. The smallest absolute Gasteiger partial charge is 0.243 e. The monoisotopic (exact) mass is 455 g/mol. The van der Waals surface area contributed by atoms with Gasteiger partial charge in [-0.3, -0.25) is 4.79 Å². The number of amides is 1. The van der Waals surface area contributed by atoms with Crippen molar-refractivity contribution in [3.8, 4) is 5.75 Å². The molecule has 0 fully saturated rings. The van der Waals surface area contributed by atoms with Crippen molar-refractivity contribution in [3.05, 3.63) is 84.9 Å². The summed E-state index contributed by atoms with van der Waals surface area (Å²) in [7, 11) is 0. The molecule has 0 saturated heterocycles. The summed E-state index contributed by atoms with van der Waals surface area (Å²) in [5.41, 5.74) is 2.33. The number of carbonyl (C=O) groups is 1. The van der Waals surface area contributed by atoms with Crippen LogP contribution in [0.5, 0.6) is 5.75 Å². The van der Waals surface area contributed by atoms with Gasteiger partial charge in [0.15, 0.2) is 0 Å². The number of anilines is 6. The number of benzene rings is 3. The van der Waals surface area contributed by atoms with Gasteiger partial charge < -0.3 is 26.0 Å². The number of hydrogen-bond acceptors (Lipinski definition) is 8. The lowest BCUT2D eigenvalue weighted by Crippen LogP contribution is -2.23. The van der Waals surface area contributed by atoms with Gasteiger partial charge in [-0.15, -0.1) is 0 Å². The number of para-hydroxylation sites is 2. The first kappa shape index (κ1) is 22.5. The first-order valence-corrected chi connectivity index (χ1v) is 10.8. The van der Waals surface area contributed by atoms with Crippen molar-refractivity contribution in [1.82, 2.24) is 15.0 Å². The van der Waals surface area contributed by atoms with Gasteiger partial charge in [0, 0.05) is 17.1 Å². The maximum Gasteiger partial charge on any atom is 0.243 e. The Hall–Kier alpha value is -4.66. The summed E-state index contributed by atoms with van der Waals surface area (Å²) < 4.78 is 5.42. The van der Waals surface area contributed by atoms with Gasteiger partial charge in [-0.2, -0.15) is 15.0 Å². The fourth-order valence-electron chi connectivity index (χ4n) is 3.03. The molecular formula is C25H25N7O2. The van der Waals surface area contributed by atoms with Crippen LogP contribution in [0, 0.1) is 0 Å².